The molecule has 0 aromatic heterocycles. The first kappa shape index (κ1) is 10.6. The molecule has 1 radical (unpaired) electrons. The molecule has 63 valence electrons. The van der Waals surface area contributed by atoms with E-state index in [0.29, 0.717) is 11.9 Å². The molecule has 0 spiro atoms. The zero-order valence-corrected chi connectivity index (χ0v) is 8.39. The molecule has 0 unspecified atom stereocenters. The Morgan fingerprint density at radius 2 is 1.73 bits per heavy atom. The van der Waals surface area contributed by atoms with Crippen LogP contribution in [0.4, 0.5) is 0 Å². The van der Waals surface area contributed by atoms with Crippen LogP contribution in [-0.4, -0.2) is 25.3 Å². The van der Waals surface area contributed by atoms with Crippen LogP contribution < -0.4 is 0 Å². The molecule has 0 atom stereocenters. The van der Waals surface area contributed by atoms with Crippen molar-refractivity contribution in [2.75, 3.05) is 7.05 Å². The van der Waals surface area contributed by atoms with Crippen molar-refractivity contribution in [3.05, 3.63) is 12.2 Å². The van der Waals surface area contributed by atoms with Gasteiger partial charge in [0.25, 0.3) is 0 Å². The van der Waals surface area contributed by atoms with Gasteiger partial charge in [-0.2, -0.15) is 0 Å². The summed E-state index contributed by atoms with van der Waals surface area (Å²) in [5, 5.41) is 0. The Morgan fingerprint density at radius 1 is 1.27 bits per heavy atom. The van der Waals surface area contributed by atoms with Gasteiger partial charge in [0.1, 0.15) is 0 Å². The Kier molecular flexibility index (Phi) is 4.32. The van der Waals surface area contributed by atoms with Gasteiger partial charge in [0.05, 0.1) is 0 Å². The summed E-state index contributed by atoms with van der Waals surface area (Å²) in [5.74, 6) is 0.587. The summed E-state index contributed by atoms with van der Waals surface area (Å²) in [6.45, 7) is 12.7. The van der Waals surface area contributed by atoms with Crippen LogP contribution in [0, 0.1) is 0 Å². The van der Waals surface area contributed by atoms with E-state index in [-0.39, 0.29) is 0 Å². The SMILES string of the molecule is C=C([B]C(C)C)N(C)C(C)C. The van der Waals surface area contributed by atoms with Crippen LogP contribution in [0.5, 0.6) is 0 Å². The van der Waals surface area contributed by atoms with Crippen molar-refractivity contribution in [2.24, 2.45) is 0 Å². The fraction of sp³-hybridized carbons (Fsp3) is 0.778. The topological polar surface area (TPSA) is 3.24 Å². The van der Waals surface area contributed by atoms with Crippen LogP contribution in [0.25, 0.3) is 0 Å². The highest BCUT2D eigenvalue weighted by Gasteiger charge is 2.08. The lowest BCUT2D eigenvalue weighted by Gasteiger charge is -2.26. The van der Waals surface area contributed by atoms with Crippen molar-refractivity contribution in [3.8, 4) is 0 Å². The van der Waals surface area contributed by atoms with E-state index < -0.39 is 0 Å². The van der Waals surface area contributed by atoms with E-state index in [4.69, 9.17) is 0 Å². The molecule has 11 heavy (non-hydrogen) atoms. The average molecular weight is 152 g/mol. The van der Waals surface area contributed by atoms with Gasteiger partial charge in [0.15, 0.2) is 7.28 Å². The van der Waals surface area contributed by atoms with Crippen LogP contribution in [0.1, 0.15) is 27.7 Å². The van der Waals surface area contributed by atoms with E-state index in [2.05, 4.69) is 53.5 Å². The zero-order valence-electron chi connectivity index (χ0n) is 8.39. The summed E-state index contributed by atoms with van der Waals surface area (Å²) in [6, 6.07) is 0.539. The highest BCUT2D eigenvalue weighted by molar-refractivity contribution is 6.46. The molecule has 0 aromatic rings. The molecular weight excluding hydrogens is 133 g/mol. The average Bonchev–Trinajstić information content (AvgIpc) is 1.84. The number of hydrogen-bond donors (Lipinski definition) is 0. The lowest BCUT2D eigenvalue weighted by molar-refractivity contribution is 0.364. The fourth-order valence-electron chi connectivity index (χ4n) is 0.834. The van der Waals surface area contributed by atoms with Crippen LogP contribution >= 0.6 is 0 Å². The van der Waals surface area contributed by atoms with E-state index >= 15 is 0 Å². The van der Waals surface area contributed by atoms with Crippen LogP contribution in [0.15, 0.2) is 12.2 Å². The van der Waals surface area contributed by atoms with E-state index in [9.17, 15) is 0 Å². The predicted octanol–water partition coefficient (Wildman–Crippen LogP) is 2.33. The van der Waals surface area contributed by atoms with Crippen molar-refractivity contribution >= 4 is 7.28 Å². The third-order valence-corrected chi connectivity index (χ3v) is 1.75. The Morgan fingerprint density at radius 3 is 2.00 bits per heavy atom. The molecule has 0 aliphatic rings. The maximum atomic E-state index is 3.99. The number of hydrogen-bond acceptors (Lipinski definition) is 1. The Bertz CT molecular complexity index is 130. The van der Waals surface area contributed by atoms with Gasteiger partial charge in [-0.1, -0.05) is 26.2 Å². The van der Waals surface area contributed by atoms with Gasteiger partial charge in [-0.05, 0) is 19.4 Å². The summed E-state index contributed by atoms with van der Waals surface area (Å²) < 4.78 is 0. The maximum Gasteiger partial charge on any atom is 0.176 e. The summed E-state index contributed by atoms with van der Waals surface area (Å²) in [7, 11) is 4.26. The highest BCUT2D eigenvalue weighted by atomic mass is 15.1. The zero-order chi connectivity index (χ0) is 9.02. The van der Waals surface area contributed by atoms with Crippen LogP contribution in [-0.2, 0) is 0 Å². The molecule has 0 saturated heterocycles. The van der Waals surface area contributed by atoms with E-state index in [1.165, 1.54) is 0 Å². The molecule has 1 nitrogen and oxygen atoms in total. The fourth-order valence-corrected chi connectivity index (χ4v) is 0.834. The summed E-state index contributed by atoms with van der Waals surface area (Å²) in [6.07, 6.45) is 0. The molecule has 0 fully saturated rings. The molecule has 0 saturated carbocycles. The van der Waals surface area contributed by atoms with Gasteiger partial charge < -0.3 is 4.90 Å². The molecular formula is C9H19BN. The Hall–Kier alpha value is -0.395. The standard InChI is InChI=1S/C9H19BN/c1-7(2)10-9(5)11(6)8(3)4/h7-8H,5H2,1-4,6H3. The monoisotopic (exact) mass is 152 g/mol. The molecule has 2 heteroatoms. The molecule has 0 aromatic carbocycles. The largest absolute Gasteiger partial charge is 0.385 e. The molecule has 0 aliphatic carbocycles. The van der Waals surface area contributed by atoms with Crippen molar-refractivity contribution in [2.45, 2.75) is 39.6 Å². The van der Waals surface area contributed by atoms with E-state index in [1.54, 1.807) is 0 Å². The highest BCUT2D eigenvalue weighted by Crippen LogP contribution is 2.08. The van der Waals surface area contributed by atoms with Gasteiger partial charge in [-0.15, -0.1) is 0 Å². The first-order chi connectivity index (χ1) is 4.95. The Balaban J connectivity index is 3.83. The first-order valence-electron chi connectivity index (χ1n) is 4.21. The minimum atomic E-state index is 0.539. The maximum absolute atomic E-state index is 3.99. The number of rotatable bonds is 4. The summed E-state index contributed by atoms with van der Waals surface area (Å²) >= 11 is 0. The first-order valence-corrected chi connectivity index (χ1v) is 4.21. The molecule has 0 aliphatic heterocycles. The Labute approximate surface area is 71.7 Å². The normalized spacial score (nSPS) is 10.5. The second-order valence-corrected chi connectivity index (χ2v) is 3.61. The minimum absolute atomic E-state index is 0.539. The van der Waals surface area contributed by atoms with E-state index in [1.807, 2.05) is 0 Å². The lowest BCUT2D eigenvalue weighted by Crippen LogP contribution is -2.28. The van der Waals surface area contributed by atoms with Gasteiger partial charge in [0.2, 0.25) is 0 Å². The summed E-state index contributed by atoms with van der Waals surface area (Å²) in [4.78, 5) is 2.18. The third kappa shape index (κ3) is 4.12. The predicted molar refractivity (Wildman–Crippen MR) is 52.9 cm³/mol. The second-order valence-electron chi connectivity index (χ2n) is 3.61. The van der Waals surface area contributed by atoms with Crippen molar-refractivity contribution in [1.29, 1.82) is 0 Å². The minimum Gasteiger partial charge on any atom is -0.385 e. The molecule has 0 N–H and O–H groups in total. The third-order valence-electron chi connectivity index (χ3n) is 1.75. The van der Waals surface area contributed by atoms with E-state index in [0.717, 1.165) is 5.60 Å². The number of nitrogens with zero attached hydrogens (tertiary/aromatic N) is 1. The van der Waals surface area contributed by atoms with Gasteiger partial charge in [-0.25, -0.2) is 0 Å². The van der Waals surface area contributed by atoms with Gasteiger partial charge in [0, 0.05) is 13.1 Å². The van der Waals surface area contributed by atoms with Crippen molar-refractivity contribution in [1.82, 2.24) is 4.90 Å². The van der Waals surface area contributed by atoms with Crippen molar-refractivity contribution < 1.29 is 0 Å². The molecule has 0 heterocycles. The van der Waals surface area contributed by atoms with Crippen molar-refractivity contribution in [3.63, 3.8) is 0 Å². The smallest absolute Gasteiger partial charge is 0.176 e. The molecule has 0 rings (SSSR count). The van der Waals surface area contributed by atoms with Gasteiger partial charge in [-0.3, -0.25) is 0 Å². The lowest BCUT2D eigenvalue weighted by atomic mass is 9.63. The summed E-state index contributed by atoms with van der Waals surface area (Å²) in [5.41, 5.74) is 1.12. The molecule has 0 amide bonds. The van der Waals surface area contributed by atoms with Crippen LogP contribution in [0.3, 0.4) is 0 Å². The van der Waals surface area contributed by atoms with Gasteiger partial charge >= 0.3 is 0 Å². The second kappa shape index (κ2) is 4.48. The quantitative estimate of drug-likeness (QED) is 0.559. The van der Waals surface area contributed by atoms with Crippen LogP contribution in [0.2, 0.25) is 5.82 Å². The molecule has 0 bridgehead atoms.